The first-order valence-corrected chi connectivity index (χ1v) is 6.94. The van der Waals surface area contributed by atoms with Crippen molar-refractivity contribution in [1.29, 1.82) is 0 Å². The van der Waals surface area contributed by atoms with Crippen molar-refractivity contribution < 1.29 is 13.9 Å². The number of hydrogen-bond donors (Lipinski definition) is 2. The molecule has 1 aliphatic rings. The lowest BCUT2D eigenvalue weighted by atomic mass is 10.00. The van der Waals surface area contributed by atoms with Crippen molar-refractivity contribution in [3.05, 3.63) is 29.3 Å². The van der Waals surface area contributed by atoms with Crippen LogP contribution in [-0.4, -0.2) is 17.8 Å². The predicted octanol–water partition coefficient (Wildman–Crippen LogP) is 3.63. The van der Waals surface area contributed by atoms with Crippen LogP contribution in [0.3, 0.4) is 0 Å². The number of benzene rings is 1. The summed E-state index contributed by atoms with van der Waals surface area (Å²) >= 11 is 0. The van der Waals surface area contributed by atoms with Gasteiger partial charge in [-0.15, -0.1) is 0 Å². The molecular formula is C15H21F2NO. The monoisotopic (exact) mass is 269 g/mol. The number of nitrogens with one attached hydrogen (secondary N) is 1. The highest BCUT2D eigenvalue weighted by Crippen LogP contribution is 2.28. The van der Waals surface area contributed by atoms with Crippen LogP contribution in [-0.2, 0) is 0 Å². The fraction of sp³-hybridized carbons (Fsp3) is 0.600. The highest BCUT2D eigenvalue weighted by Gasteiger charge is 2.19. The standard InChI is InChI=1S/C15H21F2NO/c1-10-6-14(17)15(8-13(10)16)18-9-12(19)7-11-4-2-3-5-11/h6,8,11-12,18-19H,2-5,7,9H2,1H3. The van der Waals surface area contributed by atoms with Gasteiger partial charge < -0.3 is 10.4 Å². The van der Waals surface area contributed by atoms with E-state index in [2.05, 4.69) is 5.32 Å². The summed E-state index contributed by atoms with van der Waals surface area (Å²) in [6, 6.07) is 2.31. The molecule has 1 fully saturated rings. The number of rotatable bonds is 5. The second-order valence-corrected chi connectivity index (χ2v) is 5.50. The molecule has 106 valence electrons. The van der Waals surface area contributed by atoms with Crippen molar-refractivity contribution in [3.63, 3.8) is 0 Å². The summed E-state index contributed by atoms with van der Waals surface area (Å²) in [5.41, 5.74) is 0.406. The highest BCUT2D eigenvalue weighted by atomic mass is 19.1. The Morgan fingerprint density at radius 3 is 2.63 bits per heavy atom. The zero-order valence-corrected chi connectivity index (χ0v) is 11.3. The molecule has 1 atom stereocenters. The number of aliphatic hydroxyl groups excluding tert-OH is 1. The fourth-order valence-electron chi connectivity index (χ4n) is 2.72. The number of aliphatic hydroxyl groups is 1. The smallest absolute Gasteiger partial charge is 0.146 e. The normalized spacial score (nSPS) is 17.7. The number of hydrogen-bond acceptors (Lipinski definition) is 2. The topological polar surface area (TPSA) is 32.3 Å². The quantitative estimate of drug-likeness (QED) is 0.855. The van der Waals surface area contributed by atoms with E-state index in [9.17, 15) is 13.9 Å². The maximum atomic E-state index is 13.6. The summed E-state index contributed by atoms with van der Waals surface area (Å²) < 4.78 is 26.9. The lowest BCUT2D eigenvalue weighted by molar-refractivity contribution is 0.155. The molecule has 0 heterocycles. The Labute approximate surface area is 112 Å². The molecule has 1 unspecified atom stereocenters. The van der Waals surface area contributed by atoms with Gasteiger partial charge in [0.15, 0.2) is 0 Å². The average molecular weight is 269 g/mol. The summed E-state index contributed by atoms with van der Waals surface area (Å²) in [6.45, 7) is 1.78. The SMILES string of the molecule is Cc1cc(F)c(NCC(O)CC2CCCC2)cc1F. The van der Waals surface area contributed by atoms with Crippen LogP contribution in [0, 0.1) is 24.5 Å². The molecule has 2 nitrogen and oxygen atoms in total. The first kappa shape index (κ1) is 14.3. The van der Waals surface area contributed by atoms with E-state index in [1.807, 2.05) is 0 Å². The fourth-order valence-corrected chi connectivity index (χ4v) is 2.72. The average Bonchev–Trinajstić information content (AvgIpc) is 2.85. The van der Waals surface area contributed by atoms with Crippen LogP contribution in [0.4, 0.5) is 14.5 Å². The third-order valence-corrected chi connectivity index (χ3v) is 3.86. The van der Waals surface area contributed by atoms with E-state index in [4.69, 9.17) is 0 Å². The van der Waals surface area contributed by atoms with Crippen LogP contribution in [0.5, 0.6) is 0 Å². The lowest BCUT2D eigenvalue weighted by Crippen LogP contribution is -2.22. The first-order valence-electron chi connectivity index (χ1n) is 6.94. The van der Waals surface area contributed by atoms with Crippen molar-refractivity contribution in [1.82, 2.24) is 0 Å². The minimum absolute atomic E-state index is 0.119. The van der Waals surface area contributed by atoms with Crippen molar-refractivity contribution in [2.24, 2.45) is 5.92 Å². The van der Waals surface area contributed by atoms with E-state index in [-0.39, 0.29) is 17.8 Å². The zero-order chi connectivity index (χ0) is 13.8. The summed E-state index contributed by atoms with van der Waals surface area (Å²) in [6.07, 6.45) is 5.05. The van der Waals surface area contributed by atoms with Crippen LogP contribution in [0.15, 0.2) is 12.1 Å². The van der Waals surface area contributed by atoms with Crippen LogP contribution < -0.4 is 5.32 Å². The second-order valence-electron chi connectivity index (χ2n) is 5.50. The van der Waals surface area contributed by atoms with E-state index >= 15 is 0 Å². The third kappa shape index (κ3) is 3.90. The maximum absolute atomic E-state index is 13.6. The second kappa shape index (κ2) is 6.33. The number of aryl methyl sites for hydroxylation is 1. The highest BCUT2D eigenvalue weighted by molar-refractivity contribution is 5.46. The molecule has 0 aliphatic heterocycles. The Morgan fingerprint density at radius 1 is 1.26 bits per heavy atom. The van der Waals surface area contributed by atoms with E-state index in [0.717, 1.165) is 12.5 Å². The summed E-state index contributed by atoms with van der Waals surface area (Å²) in [4.78, 5) is 0. The maximum Gasteiger partial charge on any atom is 0.146 e. The summed E-state index contributed by atoms with van der Waals surface area (Å²) in [5.74, 6) is -0.336. The van der Waals surface area contributed by atoms with Gasteiger partial charge in [-0.3, -0.25) is 0 Å². The largest absolute Gasteiger partial charge is 0.391 e. The molecular weight excluding hydrogens is 248 g/mol. The Morgan fingerprint density at radius 2 is 1.95 bits per heavy atom. The van der Waals surface area contributed by atoms with Gasteiger partial charge >= 0.3 is 0 Å². The summed E-state index contributed by atoms with van der Waals surface area (Å²) in [5, 5.41) is 12.7. The number of halogens is 2. The van der Waals surface area contributed by atoms with Crippen molar-refractivity contribution in [2.75, 3.05) is 11.9 Å². The van der Waals surface area contributed by atoms with Gasteiger partial charge in [-0.25, -0.2) is 8.78 Å². The molecule has 0 spiro atoms. The van der Waals surface area contributed by atoms with Gasteiger partial charge in [-0.2, -0.15) is 0 Å². The van der Waals surface area contributed by atoms with E-state index in [1.54, 1.807) is 0 Å². The Balaban J connectivity index is 1.85. The van der Waals surface area contributed by atoms with Gasteiger partial charge in [0.1, 0.15) is 11.6 Å². The molecule has 0 radical (unpaired) electrons. The molecule has 4 heteroatoms. The predicted molar refractivity (Wildman–Crippen MR) is 72.2 cm³/mol. The summed E-state index contributed by atoms with van der Waals surface area (Å²) in [7, 11) is 0. The van der Waals surface area contributed by atoms with Gasteiger partial charge in [0.2, 0.25) is 0 Å². The van der Waals surface area contributed by atoms with E-state index in [0.29, 0.717) is 5.92 Å². The lowest BCUT2D eigenvalue weighted by Gasteiger charge is -2.17. The van der Waals surface area contributed by atoms with Crippen molar-refractivity contribution in [2.45, 2.75) is 45.1 Å². The molecule has 1 aliphatic carbocycles. The molecule has 1 aromatic carbocycles. The minimum atomic E-state index is -0.508. The Hall–Kier alpha value is -1.16. The van der Waals surface area contributed by atoms with E-state index < -0.39 is 17.7 Å². The van der Waals surface area contributed by atoms with Crippen LogP contribution in [0.1, 0.15) is 37.7 Å². The molecule has 2 rings (SSSR count). The number of anilines is 1. The molecule has 0 bridgehead atoms. The third-order valence-electron chi connectivity index (χ3n) is 3.86. The van der Waals surface area contributed by atoms with E-state index in [1.165, 1.54) is 38.7 Å². The first-order chi connectivity index (χ1) is 9.06. The Bertz CT molecular complexity index is 430. The van der Waals surface area contributed by atoms with Crippen LogP contribution in [0.2, 0.25) is 0 Å². The van der Waals surface area contributed by atoms with Gasteiger partial charge in [-0.05, 0) is 30.9 Å². The van der Waals surface area contributed by atoms with Crippen LogP contribution in [0.25, 0.3) is 0 Å². The molecule has 1 saturated carbocycles. The van der Waals surface area contributed by atoms with Crippen molar-refractivity contribution >= 4 is 5.69 Å². The van der Waals surface area contributed by atoms with Gasteiger partial charge in [0.25, 0.3) is 0 Å². The molecule has 0 amide bonds. The van der Waals surface area contributed by atoms with Gasteiger partial charge in [-0.1, -0.05) is 25.7 Å². The minimum Gasteiger partial charge on any atom is -0.391 e. The Kier molecular flexibility index (Phi) is 4.75. The van der Waals surface area contributed by atoms with Gasteiger partial charge in [0.05, 0.1) is 11.8 Å². The van der Waals surface area contributed by atoms with Gasteiger partial charge in [0, 0.05) is 12.6 Å². The van der Waals surface area contributed by atoms with Crippen molar-refractivity contribution in [3.8, 4) is 0 Å². The van der Waals surface area contributed by atoms with Crippen LogP contribution >= 0.6 is 0 Å². The molecule has 19 heavy (non-hydrogen) atoms. The molecule has 0 saturated heterocycles. The molecule has 0 aromatic heterocycles. The zero-order valence-electron chi connectivity index (χ0n) is 11.3. The molecule has 2 N–H and O–H groups in total. The molecule has 1 aromatic rings.